The number of nitrogens with one attached hydrogen (secondary N) is 1. The molecule has 2 N–H and O–H groups in total. The number of ether oxygens (including phenoxy) is 1. The zero-order valence-corrected chi connectivity index (χ0v) is 15.1. The molecule has 1 unspecified atom stereocenters. The standard InChI is InChI=1S/C19H19N3O3S/c23-17(24)19(16-20-7-8-26-16)10-21-18(25-19)22-15-13-5-1-3-11(13)9-12-4-2-6-14(12)15/h7-9H,1-6,10H2,(H,21,22)(H,23,24). The molecule has 134 valence electrons. The number of benzene rings is 1. The Balaban J connectivity index is 1.48. The predicted molar refractivity (Wildman–Crippen MR) is 98.9 cm³/mol. The van der Waals surface area contributed by atoms with Crippen molar-refractivity contribution in [2.24, 2.45) is 4.99 Å². The van der Waals surface area contributed by atoms with E-state index in [0.29, 0.717) is 5.01 Å². The number of carboxylic acid groups (broad SMARTS) is 1. The van der Waals surface area contributed by atoms with E-state index >= 15 is 0 Å². The molecule has 0 fully saturated rings. The summed E-state index contributed by atoms with van der Waals surface area (Å²) in [6.07, 6.45) is 8.25. The molecule has 0 spiro atoms. The van der Waals surface area contributed by atoms with Crippen molar-refractivity contribution >= 4 is 29.0 Å². The van der Waals surface area contributed by atoms with Gasteiger partial charge < -0.3 is 15.2 Å². The van der Waals surface area contributed by atoms with Gasteiger partial charge in [-0.15, -0.1) is 11.3 Å². The van der Waals surface area contributed by atoms with E-state index < -0.39 is 11.6 Å². The second-order valence-electron chi connectivity index (χ2n) is 7.05. The highest BCUT2D eigenvalue weighted by atomic mass is 32.1. The highest BCUT2D eigenvalue weighted by Crippen LogP contribution is 2.40. The zero-order chi connectivity index (χ0) is 17.7. The van der Waals surface area contributed by atoms with Gasteiger partial charge in [-0.3, -0.25) is 0 Å². The van der Waals surface area contributed by atoms with Gasteiger partial charge in [-0.25, -0.2) is 14.8 Å². The molecular formula is C19H19N3O3S. The minimum Gasteiger partial charge on any atom is -0.478 e. The van der Waals surface area contributed by atoms with Gasteiger partial charge in [-0.2, -0.15) is 0 Å². The van der Waals surface area contributed by atoms with E-state index in [0.717, 1.165) is 31.4 Å². The van der Waals surface area contributed by atoms with E-state index in [1.165, 1.54) is 46.4 Å². The summed E-state index contributed by atoms with van der Waals surface area (Å²) in [5, 5.41) is 15.3. The summed E-state index contributed by atoms with van der Waals surface area (Å²) in [6, 6.07) is 2.65. The van der Waals surface area contributed by atoms with Crippen LogP contribution in [0.4, 0.5) is 5.69 Å². The third kappa shape index (κ3) is 2.26. The lowest BCUT2D eigenvalue weighted by atomic mass is 9.99. The minimum absolute atomic E-state index is 0.0371. The van der Waals surface area contributed by atoms with Crippen LogP contribution in [-0.2, 0) is 40.8 Å². The summed E-state index contributed by atoms with van der Waals surface area (Å²) in [7, 11) is 0. The fourth-order valence-corrected chi connectivity index (χ4v) is 5.05. The molecule has 6 nitrogen and oxygen atoms in total. The number of aliphatic imine (C=N–C) groups is 1. The first-order chi connectivity index (χ1) is 12.7. The van der Waals surface area contributed by atoms with Gasteiger partial charge in [0.25, 0.3) is 11.6 Å². The third-order valence-electron chi connectivity index (χ3n) is 5.54. The fraction of sp³-hybridized carbons (Fsp3) is 0.421. The summed E-state index contributed by atoms with van der Waals surface area (Å²) in [4.78, 5) is 20.5. The zero-order valence-electron chi connectivity index (χ0n) is 14.2. The molecule has 1 aliphatic heterocycles. The highest BCUT2D eigenvalue weighted by Gasteiger charge is 2.50. The van der Waals surface area contributed by atoms with Gasteiger partial charge in [-0.1, -0.05) is 6.07 Å². The Morgan fingerprint density at radius 3 is 2.54 bits per heavy atom. The Kier molecular flexibility index (Phi) is 3.53. The van der Waals surface area contributed by atoms with Crippen LogP contribution in [-0.4, -0.2) is 28.6 Å². The molecule has 2 aliphatic carbocycles. The lowest BCUT2D eigenvalue weighted by Crippen LogP contribution is -2.40. The summed E-state index contributed by atoms with van der Waals surface area (Å²) in [5.41, 5.74) is 5.11. The lowest BCUT2D eigenvalue weighted by molar-refractivity contribution is -0.155. The topological polar surface area (TPSA) is 83.8 Å². The molecule has 7 heteroatoms. The Bertz CT molecular complexity index is 890. The highest BCUT2D eigenvalue weighted by molar-refractivity contribution is 7.09. The predicted octanol–water partition coefficient (Wildman–Crippen LogP) is 2.90. The molecule has 5 rings (SSSR count). The SMILES string of the molecule is O=C(O)C1(c2nccs2)CN=C(Nc2c3c(cc4c2CCC4)CCC3)O1. The van der Waals surface area contributed by atoms with Crippen molar-refractivity contribution in [3.05, 3.63) is 44.9 Å². The van der Waals surface area contributed by atoms with Crippen LogP contribution in [0.15, 0.2) is 22.6 Å². The first-order valence-electron chi connectivity index (χ1n) is 8.98. The van der Waals surface area contributed by atoms with Crippen LogP contribution < -0.4 is 5.32 Å². The molecule has 2 aromatic rings. The van der Waals surface area contributed by atoms with Gasteiger partial charge in [0.2, 0.25) is 0 Å². The first-order valence-corrected chi connectivity index (χ1v) is 9.86. The van der Waals surface area contributed by atoms with Crippen molar-refractivity contribution in [1.29, 1.82) is 0 Å². The molecule has 1 aromatic carbocycles. The smallest absolute Gasteiger partial charge is 0.357 e. The fourth-order valence-electron chi connectivity index (χ4n) is 4.29. The van der Waals surface area contributed by atoms with E-state index in [1.54, 1.807) is 11.6 Å². The number of hydrogen-bond acceptors (Lipinski definition) is 6. The maximum atomic E-state index is 11.9. The second-order valence-corrected chi connectivity index (χ2v) is 7.95. The third-order valence-corrected chi connectivity index (χ3v) is 6.46. The van der Waals surface area contributed by atoms with Gasteiger partial charge >= 0.3 is 5.97 Å². The van der Waals surface area contributed by atoms with Crippen molar-refractivity contribution in [3.8, 4) is 0 Å². The maximum Gasteiger partial charge on any atom is 0.357 e. The van der Waals surface area contributed by atoms with E-state index in [-0.39, 0.29) is 12.6 Å². The molecule has 0 bridgehead atoms. The Hall–Kier alpha value is -2.41. The van der Waals surface area contributed by atoms with Crippen LogP contribution in [0.3, 0.4) is 0 Å². The van der Waals surface area contributed by atoms with Crippen LogP contribution in [0.1, 0.15) is 40.1 Å². The number of nitrogens with zero attached hydrogens (tertiary/aromatic N) is 2. The molecule has 1 atom stereocenters. The lowest BCUT2D eigenvalue weighted by Gasteiger charge is -2.22. The number of fused-ring (bicyclic) bond motifs is 2. The van der Waals surface area contributed by atoms with Crippen molar-refractivity contribution in [1.82, 2.24) is 4.98 Å². The first kappa shape index (κ1) is 15.8. The van der Waals surface area contributed by atoms with Crippen LogP contribution in [0.2, 0.25) is 0 Å². The molecular weight excluding hydrogens is 350 g/mol. The number of amidine groups is 1. The van der Waals surface area contributed by atoms with Gasteiger partial charge in [0.1, 0.15) is 6.54 Å². The van der Waals surface area contributed by atoms with E-state index in [4.69, 9.17) is 4.74 Å². The molecule has 2 heterocycles. The number of aliphatic carboxylic acids is 1. The van der Waals surface area contributed by atoms with Gasteiger partial charge in [0.05, 0.1) is 0 Å². The van der Waals surface area contributed by atoms with Crippen LogP contribution in [0.25, 0.3) is 0 Å². The van der Waals surface area contributed by atoms with Crippen LogP contribution in [0.5, 0.6) is 0 Å². The summed E-state index contributed by atoms with van der Waals surface area (Å²) in [6.45, 7) is 0.0371. The normalized spacial score (nSPS) is 23.3. The number of aromatic nitrogens is 1. The molecule has 26 heavy (non-hydrogen) atoms. The molecule has 0 radical (unpaired) electrons. The summed E-state index contributed by atoms with van der Waals surface area (Å²) >= 11 is 1.28. The largest absolute Gasteiger partial charge is 0.478 e. The van der Waals surface area contributed by atoms with Crippen molar-refractivity contribution < 1.29 is 14.6 Å². The van der Waals surface area contributed by atoms with Crippen molar-refractivity contribution in [2.75, 3.05) is 11.9 Å². The Morgan fingerprint density at radius 2 is 1.92 bits per heavy atom. The van der Waals surface area contributed by atoms with Crippen LogP contribution in [0, 0.1) is 0 Å². The molecule has 0 amide bonds. The van der Waals surface area contributed by atoms with E-state index in [2.05, 4.69) is 21.4 Å². The number of carbonyl (C=O) groups is 1. The van der Waals surface area contributed by atoms with Gasteiger partial charge in [0, 0.05) is 17.3 Å². The molecule has 0 saturated heterocycles. The summed E-state index contributed by atoms with van der Waals surface area (Å²) in [5.74, 6) is -1.06. The van der Waals surface area contributed by atoms with Crippen molar-refractivity contribution in [2.45, 2.75) is 44.1 Å². The Morgan fingerprint density at radius 1 is 1.19 bits per heavy atom. The monoisotopic (exact) mass is 369 g/mol. The number of thiazole rings is 1. The minimum atomic E-state index is -1.52. The average Bonchev–Trinajstić information content (AvgIpc) is 3.40. The second kappa shape index (κ2) is 5.81. The van der Waals surface area contributed by atoms with E-state index in [9.17, 15) is 9.90 Å². The molecule has 3 aliphatic rings. The summed E-state index contributed by atoms with van der Waals surface area (Å²) < 4.78 is 5.87. The number of carboxylic acids is 1. The number of hydrogen-bond donors (Lipinski definition) is 2. The van der Waals surface area contributed by atoms with Crippen molar-refractivity contribution in [3.63, 3.8) is 0 Å². The average molecular weight is 369 g/mol. The van der Waals surface area contributed by atoms with E-state index in [1.807, 2.05) is 0 Å². The number of rotatable bonds is 3. The van der Waals surface area contributed by atoms with Crippen LogP contribution >= 0.6 is 11.3 Å². The molecule has 0 saturated carbocycles. The van der Waals surface area contributed by atoms with Gasteiger partial charge in [0.15, 0.2) is 5.01 Å². The molecule has 1 aromatic heterocycles. The van der Waals surface area contributed by atoms with Gasteiger partial charge in [-0.05, 0) is 60.8 Å². The maximum absolute atomic E-state index is 11.9. The quantitative estimate of drug-likeness (QED) is 0.869. The Labute approximate surface area is 154 Å². The number of anilines is 1. The number of aryl methyl sites for hydroxylation is 2.